The zero-order valence-electron chi connectivity index (χ0n) is 13.3. The second-order valence-corrected chi connectivity index (χ2v) is 5.88. The number of H-pyrrole nitrogens is 1. The van der Waals surface area contributed by atoms with Crippen LogP contribution in [0.15, 0.2) is 29.1 Å². The summed E-state index contributed by atoms with van der Waals surface area (Å²) in [5.41, 5.74) is 2.55. The van der Waals surface area contributed by atoms with E-state index in [2.05, 4.69) is 10.3 Å². The van der Waals surface area contributed by atoms with E-state index in [1.54, 1.807) is 0 Å². The molecule has 5 heteroatoms. The molecule has 5 nitrogen and oxygen atoms in total. The van der Waals surface area contributed by atoms with Crippen molar-refractivity contribution < 1.29 is 9.84 Å². The maximum atomic E-state index is 12.0. The molecule has 2 rings (SSSR count). The van der Waals surface area contributed by atoms with Gasteiger partial charge in [0.2, 0.25) is 0 Å². The van der Waals surface area contributed by atoms with Crippen LogP contribution >= 0.6 is 0 Å². The molecule has 3 N–H and O–H groups in total. The summed E-state index contributed by atoms with van der Waals surface area (Å²) in [4.78, 5) is 14.9. The van der Waals surface area contributed by atoms with Crippen LogP contribution in [0, 0.1) is 6.92 Å². The molecule has 0 fully saturated rings. The van der Waals surface area contributed by atoms with E-state index in [0.29, 0.717) is 18.7 Å². The fraction of sp³-hybridized carbons (Fsp3) is 0.471. The molecule has 0 amide bonds. The summed E-state index contributed by atoms with van der Waals surface area (Å²) in [6, 6.07) is 7.82. The highest BCUT2D eigenvalue weighted by molar-refractivity contribution is 5.79. The van der Waals surface area contributed by atoms with Gasteiger partial charge in [-0.3, -0.25) is 4.79 Å². The second-order valence-electron chi connectivity index (χ2n) is 5.88. The van der Waals surface area contributed by atoms with Crippen LogP contribution in [-0.4, -0.2) is 35.5 Å². The SMILES string of the molecule is Cc1ccc2[nH]c(=O)c(CNC[C@H](O)COC(C)C)cc2c1. The minimum Gasteiger partial charge on any atom is -0.389 e. The number of aliphatic hydroxyl groups excluding tert-OH is 1. The summed E-state index contributed by atoms with van der Waals surface area (Å²) in [5, 5.41) is 13.9. The average Bonchev–Trinajstić information content (AvgIpc) is 2.46. The minimum atomic E-state index is -0.579. The third kappa shape index (κ3) is 4.66. The molecule has 1 atom stereocenters. The number of benzene rings is 1. The number of aromatic amines is 1. The lowest BCUT2D eigenvalue weighted by Gasteiger charge is -2.14. The Kier molecular flexibility index (Phi) is 5.71. The van der Waals surface area contributed by atoms with Gasteiger partial charge in [-0.2, -0.15) is 0 Å². The summed E-state index contributed by atoms with van der Waals surface area (Å²) < 4.78 is 5.34. The number of aromatic nitrogens is 1. The topological polar surface area (TPSA) is 74.4 Å². The summed E-state index contributed by atoms with van der Waals surface area (Å²) in [6.45, 7) is 6.97. The maximum Gasteiger partial charge on any atom is 0.252 e. The highest BCUT2D eigenvalue weighted by Gasteiger charge is 2.07. The van der Waals surface area contributed by atoms with Gasteiger partial charge in [0, 0.05) is 24.2 Å². The predicted octanol–water partition coefficient (Wildman–Crippen LogP) is 1.71. The van der Waals surface area contributed by atoms with Crippen molar-refractivity contribution in [1.29, 1.82) is 0 Å². The van der Waals surface area contributed by atoms with Crippen molar-refractivity contribution in [1.82, 2.24) is 10.3 Å². The van der Waals surface area contributed by atoms with Crippen LogP contribution in [0.25, 0.3) is 10.9 Å². The first-order valence-electron chi connectivity index (χ1n) is 7.58. The summed E-state index contributed by atoms with van der Waals surface area (Å²) >= 11 is 0. The number of aryl methyl sites for hydroxylation is 1. The van der Waals surface area contributed by atoms with Crippen LogP contribution in [-0.2, 0) is 11.3 Å². The van der Waals surface area contributed by atoms with Crippen LogP contribution in [0.3, 0.4) is 0 Å². The van der Waals surface area contributed by atoms with Gasteiger partial charge in [0.25, 0.3) is 5.56 Å². The Morgan fingerprint density at radius 3 is 2.82 bits per heavy atom. The largest absolute Gasteiger partial charge is 0.389 e. The van der Waals surface area contributed by atoms with Gasteiger partial charge in [-0.1, -0.05) is 11.6 Å². The zero-order valence-corrected chi connectivity index (χ0v) is 13.3. The van der Waals surface area contributed by atoms with Gasteiger partial charge in [-0.15, -0.1) is 0 Å². The van der Waals surface area contributed by atoms with E-state index in [0.717, 1.165) is 16.5 Å². The molecular weight excluding hydrogens is 280 g/mol. The zero-order chi connectivity index (χ0) is 16.1. The van der Waals surface area contributed by atoms with Gasteiger partial charge in [0.15, 0.2) is 0 Å². The van der Waals surface area contributed by atoms with Crippen molar-refractivity contribution >= 4 is 10.9 Å². The van der Waals surface area contributed by atoms with Gasteiger partial charge < -0.3 is 20.1 Å². The Morgan fingerprint density at radius 1 is 1.32 bits per heavy atom. The van der Waals surface area contributed by atoms with Crippen LogP contribution < -0.4 is 10.9 Å². The number of ether oxygens (including phenoxy) is 1. The number of hydrogen-bond donors (Lipinski definition) is 3. The number of hydrogen-bond acceptors (Lipinski definition) is 4. The molecule has 22 heavy (non-hydrogen) atoms. The monoisotopic (exact) mass is 304 g/mol. The molecule has 0 spiro atoms. The van der Waals surface area contributed by atoms with Gasteiger partial charge in [-0.25, -0.2) is 0 Å². The van der Waals surface area contributed by atoms with E-state index < -0.39 is 6.10 Å². The molecule has 1 heterocycles. The van der Waals surface area contributed by atoms with Crippen LogP contribution in [0.2, 0.25) is 0 Å². The van der Waals surface area contributed by atoms with Crippen molar-refractivity contribution in [2.75, 3.05) is 13.2 Å². The number of rotatable bonds is 7. The van der Waals surface area contributed by atoms with E-state index in [1.165, 1.54) is 0 Å². The molecular formula is C17H24N2O3. The van der Waals surface area contributed by atoms with E-state index in [9.17, 15) is 9.90 Å². The van der Waals surface area contributed by atoms with Gasteiger partial charge in [0.1, 0.15) is 0 Å². The smallest absolute Gasteiger partial charge is 0.252 e. The van der Waals surface area contributed by atoms with Crippen LogP contribution in [0.4, 0.5) is 0 Å². The highest BCUT2D eigenvalue weighted by Crippen LogP contribution is 2.13. The lowest BCUT2D eigenvalue weighted by molar-refractivity contribution is 0.00629. The van der Waals surface area contributed by atoms with Crippen molar-refractivity contribution in [2.45, 2.75) is 39.5 Å². The highest BCUT2D eigenvalue weighted by atomic mass is 16.5. The third-order valence-corrected chi connectivity index (χ3v) is 3.39. The number of aliphatic hydroxyl groups is 1. The average molecular weight is 304 g/mol. The van der Waals surface area contributed by atoms with Crippen molar-refractivity contribution in [2.24, 2.45) is 0 Å². The van der Waals surface area contributed by atoms with Gasteiger partial charge in [0.05, 0.1) is 18.8 Å². The molecule has 0 radical (unpaired) electrons. The molecule has 0 unspecified atom stereocenters. The maximum absolute atomic E-state index is 12.0. The van der Waals surface area contributed by atoms with Crippen molar-refractivity contribution in [3.05, 3.63) is 45.7 Å². The normalized spacial score (nSPS) is 13.0. The van der Waals surface area contributed by atoms with E-state index in [4.69, 9.17) is 4.74 Å². The Hall–Kier alpha value is -1.69. The molecule has 0 aliphatic carbocycles. The van der Waals surface area contributed by atoms with E-state index in [-0.39, 0.29) is 18.3 Å². The van der Waals surface area contributed by atoms with E-state index in [1.807, 2.05) is 45.0 Å². The van der Waals surface area contributed by atoms with Crippen LogP contribution in [0.5, 0.6) is 0 Å². The summed E-state index contributed by atoms with van der Waals surface area (Å²) in [7, 11) is 0. The summed E-state index contributed by atoms with van der Waals surface area (Å²) in [6.07, 6.45) is -0.481. The van der Waals surface area contributed by atoms with E-state index >= 15 is 0 Å². The summed E-state index contributed by atoms with van der Waals surface area (Å²) in [5.74, 6) is 0. The van der Waals surface area contributed by atoms with Gasteiger partial charge in [-0.05, 0) is 44.4 Å². The second kappa shape index (κ2) is 7.54. The first-order chi connectivity index (χ1) is 10.5. The first kappa shape index (κ1) is 16.7. The van der Waals surface area contributed by atoms with Crippen LogP contribution in [0.1, 0.15) is 25.0 Å². The fourth-order valence-corrected chi connectivity index (χ4v) is 2.24. The molecule has 2 aromatic rings. The Bertz CT molecular complexity index is 679. The quantitative estimate of drug-likeness (QED) is 0.728. The molecule has 0 saturated carbocycles. The van der Waals surface area contributed by atoms with Crippen molar-refractivity contribution in [3.8, 4) is 0 Å². The molecule has 0 aliphatic heterocycles. The molecule has 1 aromatic heterocycles. The Balaban J connectivity index is 1.96. The standard InChI is InChI=1S/C17H24N2O3/c1-11(2)22-10-15(20)9-18-8-14-7-13-6-12(3)4-5-16(13)19-17(14)21/h4-7,11,15,18,20H,8-10H2,1-3H3,(H,19,21)/t15-/m0/s1. The predicted molar refractivity (Wildman–Crippen MR) is 88.1 cm³/mol. The number of nitrogens with one attached hydrogen (secondary N) is 2. The third-order valence-electron chi connectivity index (χ3n) is 3.39. The van der Waals surface area contributed by atoms with Gasteiger partial charge >= 0.3 is 0 Å². The molecule has 120 valence electrons. The minimum absolute atomic E-state index is 0.0984. The Labute approximate surface area is 130 Å². The number of pyridine rings is 1. The number of fused-ring (bicyclic) bond motifs is 1. The lowest BCUT2D eigenvalue weighted by atomic mass is 10.1. The molecule has 0 saturated heterocycles. The molecule has 0 bridgehead atoms. The first-order valence-corrected chi connectivity index (χ1v) is 7.58. The fourth-order valence-electron chi connectivity index (χ4n) is 2.24. The lowest BCUT2D eigenvalue weighted by Crippen LogP contribution is -2.32. The van der Waals surface area contributed by atoms with Crippen molar-refractivity contribution in [3.63, 3.8) is 0 Å². The Morgan fingerprint density at radius 2 is 2.09 bits per heavy atom. The molecule has 0 aliphatic rings. The molecule has 1 aromatic carbocycles.